The standard InChI is InChI=1S/C12H18INO4S/c1-3-18-8-4-7-14-19(15,16)10-5-6-12(17-2)11(13)9-10/h5-6,9,14H,3-4,7-8H2,1-2H3. The van der Waals surface area contributed by atoms with E-state index in [-0.39, 0.29) is 4.90 Å². The molecule has 1 N–H and O–H groups in total. The molecule has 0 saturated heterocycles. The Labute approximate surface area is 127 Å². The Balaban J connectivity index is 2.64. The molecule has 0 aliphatic carbocycles. The lowest BCUT2D eigenvalue weighted by Gasteiger charge is -2.09. The van der Waals surface area contributed by atoms with Crippen LogP contribution in [0.1, 0.15) is 13.3 Å². The first-order valence-corrected chi connectivity index (χ1v) is 8.48. The van der Waals surface area contributed by atoms with Gasteiger partial charge in [0.1, 0.15) is 5.75 Å². The maximum atomic E-state index is 12.0. The second-order valence-electron chi connectivity index (χ2n) is 3.74. The summed E-state index contributed by atoms with van der Waals surface area (Å²) in [6, 6.07) is 4.77. The van der Waals surface area contributed by atoms with E-state index in [1.807, 2.05) is 29.5 Å². The molecule has 1 rings (SSSR count). The fourth-order valence-corrected chi connectivity index (χ4v) is 3.47. The highest BCUT2D eigenvalue weighted by Gasteiger charge is 2.15. The summed E-state index contributed by atoms with van der Waals surface area (Å²) >= 11 is 2.04. The number of ether oxygens (including phenoxy) is 2. The summed E-state index contributed by atoms with van der Waals surface area (Å²) in [5, 5.41) is 0. The zero-order valence-corrected chi connectivity index (χ0v) is 14.0. The van der Waals surface area contributed by atoms with Crippen LogP contribution in [0.2, 0.25) is 0 Å². The largest absolute Gasteiger partial charge is 0.496 e. The van der Waals surface area contributed by atoms with Crippen molar-refractivity contribution in [3.63, 3.8) is 0 Å². The van der Waals surface area contributed by atoms with E-state index in [9.17, 15) is 8.42 Å². The summed E-state index contributed by atoms with van der Waals surface area (Å²) in [5.74, 6) is 0.663. The van der Waals surface area contributed by atoms with Crippen molar-refractivity contribution >= 4 is 32.6 Å². The average molecular weight is 399 g/mol. The lowest BCUT2D eigenvalue weighted by Crippen LogP contribution is -2.25. The third-order valence-electron chi connectivity index (χ3n) is 2.40. The summed E-state index contributed by atoms with van der Waals surface area (Å²) in [6.07, 6.45) is 0.653. The van der Waals surface area contributed by atoms with Crippen LogP contribution < -0.4 is 9.46 Å². The van der Waals surface area contributed by atoms with Gasteiger partial charge in [-0.15, -0.1) is 0 Å². The molecule has 5 nitrogen and oxygen atoms in total. The molecule has 0 radical (unpaired) electrons. The van der Waals surface area contributed by atoms with Crippen LogP contribution in [0.4, 0.5) is 0 Å². The molecule has 0 aromatic heterocycles. The van der Waals surface area contributed by atoms with Crippen molar-refractivity contribution in [3.8, 4) is 5.75 Å². The van der Waals surface area contributed by atoms with Crippen LogP contribution in [0.25, 0.3) is 0 Å². The maximum absolute atomic E-state index is 12.0. The van der Waals surface area contributed by atoms with Gasteiger partial charge in [-0.05, 0) is 54.1 Å². The second-order valence-corrected chi connectivity index (χ2v) is 6.67. The van der Waals surface area contributed by atoms with Crippen LogP contribution in [0.5, 0.6) is 5.75 Å². The van der Waals surface area contributed by atoms with Crippen LogP contribution in [-0.2, 0) is 14.8 Å². The fraction of sp³-hybridized carbons (Fsp3) is 0.500. The Morgan fingerprint density at radius 1 is 1.37 bits per heavy atom. The smallest absolute Gasteiger partial charge is 0.240 e. The molecule has 0 unspecified atom stereocenters. The quantitative estimate of drug-likeness (QED) is 0.537. The number of methoxy groups -OCH3 is 1. The zero-order valence-electron chi connectivity index (χ0n) is 11.0. The topological polar surface area (TPSA) is 64.6 Å². The second kappa shape index (κ2) is 8.03. The van der Waals surface area contributed by atoms with Gasteiger partial charge in [0, 0.05) is 19.8 Å². The summed E-state index contributed by atoms with van der Waals surface area (Å²) < 4.78 is 37.6. The molecular weight excluding hydrogens is 381 g/mol. The summed E-state index contributed by atoms with van der Waals surface area (Å²) in [6.45, 7) is 3.47. The lowest BCUT2D eigenvalue weighted by molar-refractivity contribution is 0.146. The third-order valence-corrected chi connectivity index (χ3v) is 4.70. The van der Waals surface area contributed by atoms with E-state index in [0.717, 1.165) is 3.57 Å². The van der Waals surface area contributed by atoms with E-state index < -0.39 is 10.0 Å². The van der Waals surface area contributed by atoms with Crippen molar-refractivity contribution in [2.45, 2.75) is 18.2 Å². The van der Waals surface area contributed by atoms with Crippen LogP contribution in [0, 0.1) is 3.57 Å². The van der Waals surface area contributed by atoms with Gasteiger partial charge in [0.15, 0.2) is 0 Å². The van der Waals surface area contributed by atoms with Crippen molar-refractivity contribution in [1.29, 1.82) is 0 Å². The molecule has 0 amide bonds. The van der Waals surface area contributed by atoms with Gasteiger partial charge in [-0.3, -0.25) is 0 Å². The molecule has 0 bridgehead atoms. The first kappa shape index (κ1) is 16.7. The molecule has 0 aliphatic rings. The molecule has 0 saturated carbocycles. The molecular formula is C12H18INO4S. The number of sulfonamides is 1. The number of hydrogen-bond acceptors (Lipinski definition) is 4. The molecule has 0 heterocycles. The SMILES string of the molecule is CCOCCCNS(=O)(=O)c1ccc(OC)c(I)c1. The van der Waals surface area contributed by atoms with Gasteiger partial charge >= 0.3 is 0 Å². The van der Waals surface area contributed by atoms with Crippen molar-refractivity contribution < 1.29 is 17.9 Å². The molecule has 0 aliphatic heterocycles. The highest BCUT2D eigenvalue weighted by atomic mass is 127. The highest BCUT2D eigenvalue weighted by molar-refractivity contribution is 14.1. The van der Waals surface area contributed by atoms with E-state index in [2.05, 4.69) is 4.72 Å². The van der Waals surface area contributed by atoms with Crippen LogP contribution in [-0.4, -0.2) is 35.3 Å². The molecule has 1 aromatic rings. The number of benzene rings is 1. The van der Waals surface area contributed by atoms with Gasteiger partial charge in [0.25, 0.3) is 0 Å². The molecule has 1 aromatic carbocycles. The van der Waals surface area contributed by atoms with E-state index in [1.54, 1.807) is 19.2 Å². The van der Waals surface area contributed by atoms with E-state index >= 15 is 0 Å². The van der Waals surface area contributed by atoms with Gasteiger partial charge in [0.2, 0.25) is 10.0 Å². The predicted molar refractivity (Wildman–Crippen MR) is 82.0 cm³/mol. The van der Waals surface area contributed by atoms with E-state index in [4.69, 9.17) is 9.47 Å². The van der Waals surface area contributed by atoms with Crippen molar-refractivity contribution in [1.82, 2.24) is 4.72 Å². The van der Waals surface area contributed by atoms with Gasteiger partial charge in [0.05, 0.1) is 15.6 Å². The van der Waals surface area contributed by atoms with E-state index in [0.29, 0.717) is 31.9 Å². The van der Waals surface area contributed by atoms with Crippen LogP contribution in [0.15, 0.2) is 23.1 Å². The lowest BCUT2D eigenvalue weighted by atomic mass is 10.3. The minimum absolute atomic E-state index is 0.245. The minimum atomic E-state index is -3.46. The number of nitrogens with one attached hydrogen (secondary N) is 1. The Kier molecular flexibility index (Phi) is 7.05. The molecule has 0 fully saturated rings. The van der Waals surface area contributed by atoms with Crippen LogP contribution >= 0.6 is 22.6 Å². The number of rotatable bonds is 8. The van der Waals surface area contributed by atoms with Gasteiger partial charge in [-0.2, -0.15) is 0 Å². The van der Waals surface area contributed by atoms with Crippen molar-refractivity contribution in [2.24, 2.45) is 0 Å². The Morgan fingerprint density at radius 3 is 2.68 bits per heavy atom. The molecule has 108 valence electrons. The first-order chi connectivity index (χ1) is 9.01. The normalized spacial score (nSPS) is 11.5. The van der Waals surface area contributed by atoms with Crippen LogP contribution in [0.3, 0.4) is 0 Å². The first-order valence-electron chi connectivity index (χ1n) is 5.92. The minimum Gasteiger partial charge on any atom is -0.496 e. The van der Waals surface area contributed by atoms with Gasteiger partial charge in [-0.1, -0.05) is 0 Å². The predicted octanol–water partition coefficient (Wildman–Crippen LogP) is 2.00. The van der Waals surface area contributed by atoms with Gasteiger partial charge < -0.3 is 9.47 Å². The van der Waals surface area contributed by atoms with E-state index in [1.165, 1.54) is 6.07 Å². The van der Waals surface area contributed by atoms with Crippen molar-refractivity contribution in [3.05, 3.63) is 21.8 Å². The monoisotopic (exact) mass is 399 g/mol. The Bertz CT molecular complexity index is 504. The number of halogens is 1. The summed E-state index contributed by atoms with van der Waals surface area (Å²) in [7, 11) is -1.91. The zero-order chi connectivity index (χ0) is 14.3. The fourth-order valence-electron chi connectivity index (χ4n) is 1.42. The molecule has 19 heavy (non-hydrogen) atoms. The number of hydrogen-bond donors (Lipinski definition) is 1. The maximum Gasteiger partial charge on any atom is 0.240 e. The summed E-state index contributed by atoms with van der Waals surface area (Å²) in [4.78, 5) is 0.245. The molecule has 0 atom stereocenters. The average Bonchev–Trinajstić information content (AvgIpc) is 2.38. The third kappa shape index (κ3) is 5.25. The summed E-state index contributed by atoms with van der Waals surface area (Å²) in [5.41, 5.74) is 0. The van der Waals surface area contributed by atoms with Gasteiger partial charge in [-0.25, -0.2) is 13.1 Å². The Hall–Kier alpha value is -0.380. The van der Waals surface area contributed by atoms with Crippen molar-refractivity contribution in [2.75, 3.05) is 26.9 Å². The Morgan fingerprint density at radius 2 is 2.11 bits per heavy atom. The highest BCUT2D eigenvalue weighted by Crippen LogP contribution is 2.23. The molecule has 7 heteroatoms. The molecule has 0 spiro atoms.